The van der Waals surface area contributed by atoms with Gasteiger partial charge in [-0.05, 0) is 53.8 Å². The van der Waals surface area contributed by atoms with Gasteiger partial charge in [-0.3, -0.25) is 4.79 Å². The number of benzene rings is 3. The van der Waals surface area contributed by atoms with Crippen molar-refractivity contribution in [1.29, 1.82) is 0 Å². The molecule has 3 rings (SSSR count). The van der Waals surface area contributed by atoms with Crippen LogP contribution < -0.4 is 0 Å². The number of aryl methyl sites for hydroxylation is 3. The largest absolute Gasteiger partial charge is 0.481 e. The van der Waals surface area contributed by atoms with Gasteiger partial charge in [-0.15, -0.1) is 0 Å². The second-order valence-corrected chi connectivity index (χ2v) is 7.99. The molecule has 0 spiro atoms. The highest BCUT2D eigenvalue weighted by Crippen LogP contribution is 2.36. The van der Waals surface area contributed by atoms with Gasteiger partial charge in [-0.2, -0.15) is 0 Å². The quantitative estimate of drug-likeness (QED) is 0.516. The second kappa shape index (κ2) is 9.24. The van der Waals surface area contributed by atoms with E-state index in [-0.39, 0.29) is 12.8 Å². The van der Waals surface area contributed by atoms with Crippen LogP contribution in [0.4, 0.5) is 0 Å². The average molecular weight is 405 g/mol. The Kier molecular flexibility index (Phi) is 6.70. The molecule has 0 aromatic heterocycles. The van der Waals surface area contributed by atoms with Crippen LogP contribution in [0.2, 0.25) is 0 Å². The van der Waals surface area contributed by atoms with E-state index in [1.54, 1.807) is 6.08 Å². The fourth-order valence-electron chi connectivity index (χ4n) is 4.00. The van der Waals surface area contributed by atoms with Crippen molar-refractivity contribution in [2.24, 2.45) is 0 Å². The third kappa shape index (κ3) is 5.15. The summed E-state index contributed by atoms with van der Waals surface area (Å²) in [5.41, 5.74) is 6.67. The van der Waals surface area contributed by atoms with Crippen molar-refractivity contribution in [3.63, 3.8) is 0 Å². The zero-order chi connectivity index (χ0) is 21.8. The molecule has 156 valence electrons. The summed E-state index contributed by atoms with van der Waals surface area (Å²) in [5.74, 6) is -1.08. The number of hydrogen-bond donors (Lipinski definition) is 3. The van der Waals surface area contributed by atoms with Crippen LogP contribution in [0.5, 0.6) is 0 Å². The Balaban J connectivity index is 2.08. The molecule has 0 saturated heterocycles. The van der Waals surface area contributed by atoms with E-state index >= 15 is 0 Å². The Morgan fingerprint density at radius 1 is 1.00 bits per heavy atom. The Labute approximate surface area is 177 Å². The maximum absolute atomic E-state index is 10.7. The summed E-state index contributed by atoms with van der Waals surface area (Å²) < 4.78 is 0. The van der Waals surface area contributed by atoms with E-state index in [9.17, 15) is 15.0 Å². The van der Waals surface area contributed by atoms with Crippen molar-refractivity contribution in [1.82, 2.24) is 0 Å². The maximum atomic E-state index is 10.7. The second-order valence-electron chi connectivity index (χ2n) is 7.99. The van der Waals surface area contributed by atoms with Crippen LogP contribution in [0.3, 0.4) is 0 Å². The van der Waals surface area contributed by atoms with E-state index in [4.69, 9.17) is 5.11 Å². The summed E-state index contributed by atoms with van der Waals surface area (Å²) in [6.07, 6.45) is 1.10. The lowest BCUT2D eigenvalue weighted by Gasteiger charge is -2.16. The molecule has 2 unspecified atom stereocenters. The Morgan fingerprint density at radius 3 is 2.33 bits per heavy atom. The van der Waals surface area contributed by atoms with Crippen LogP contribution in [-0.2, 0) is 4.79 Å². The summed E-state index contributed by atoms with van der Waals surface area (Å²) in [4.78, 5) is 10.7. The predicted octanol–water partition coefficient (Wildman–Crippen LogP) is 5.03. The van der Waals surface area contributed by atoms with Crippen molar-refractivity contribution in [2.45, 2.75) is 45.8 Å². The first-order chi connectivity index (χ1) is 14.2. The van der Waals surface area contributed by atoms with Crippen LogP contribution >= 0.6 is 0 Å². The molecule has 3 aromatic rings. The topological polar surface area (TPSA) is 77.8 Å². The molecule has 4 nitrogen and oxygen atoms in total. The number of aliphatic hydroxyl groups is 2. The summed E-state index contributed by atoms with van der Waals surface area (Å²) in [5, 5.41) is 31.2. The van der Waals surface area contributed by atoms with Gasteiger partial charge in [0.1, 0.15) is 0 Å². The summed E-state index contributed by atoms with van der Waals surface area (Å²) in [6.45, 7) is 6.21. The van der Waals surface area contributed by atoms with Crippen molar-refractivity contribution >= 4 is 22.8 Å². The zero-order valence-electron chi connectivity index (χ0n) is 17.6. The van der Waals surface area contributed by atoms with Crippen LogP contribution in [0.25, 0.3) is 28.0 Å². The molecule has 0 aliphatic rings. The lowest BCUT2D eigenvalue weighted by Crippen LogP contribution is -2.19. The molecule has 0 aliphatic carbocycles. The Hall–Kier alpha value is -2.95. The normalized spacial score (nSPS) is 13.6. The highest BCUT2D eigenvalue weighted by Gasteiger charge is 2.15. The smallest absolute Gasteiger partial charge is 0.305 e. The molecule has 0 fully saturated rings. The fourth-order valence-corrected chi connectivity index (χ4v) is 4.00. The van der Waals surface area contributed by atoms with Gasteiger partial charge >= 0.3 is 5.97 Å². The Bertz CT molecular complexity index is 1080. The summed E-state index contributed by atoms with van der Waals surface area (Å²) >= 11 is 0. The number of fused-ring (bicyclic) bond motifs is 1. The molecular weight excluding hydrogens is 376 g/mol. The van der Waals surface area contributed by atoms with Crippen LogP contribution in [0, 0.1) is 20.8 Å². The molecule has 2 atom stereocenters. The van der Waals surface area contributed by atoms with Gasteiger partial charge in [0.05, 0.1) is 18.6 Å². The van der Waals surface area contributed by atoms with Crippen LogP contribution in [0.15, 0.2) is 54.6 Å². The van der Waals surface area contributed by atoms with Gasteiger partial charge in [-0.1, -0.05) is 71.8 Å². The number of hydrogen-bond acceptors (Lipinski definition) is 3. The van der Waals surface area contributed by atoms with Gasteiger partial charge in [0.15, 0.2) is 0 Å². The first-order valence-corrected chi connectivity index (χ1v) is 10.1. The summed E-state index contributed by atoms with van der Waals surface area (Å²) in [7, 11) is 0. The molecule has 3 aromatic carbocycles. The monoisotopic (exact) mass is 404 g/mol. The van der Waals surface area contributed by atoms with Crippen molar-refractivity contribution in [3.05, 3.63) is 76.9 Å². The highest BCUT2D eigenvalue weighted by molar-refractivity contribution is 6.01. The SMILES string of the molecule is Cc1cc(C)cc(-c2c(C=CC(O)CC(O)CC(=O)O)c(C)cc3ccccc23)c1. The first-order valence-electron chi connectivity index (χ1n) is 10.1. The maximum Gasteiger partial charge on any atom is 0.305 e. The van der Waals surface area contributed by atoms with Crippen LogP contribution in [-0.4, -0.2) is 33.5 Å². The number of aliphatic hydroxyl groups excluding tert-OH is 2. The lowest BCUT2D eigenvalue weighted by atomic mass is 9.88. The lowest BCUT2D eigenvalue weighted by molar-refractivity contribution is -0.139. The van der Waals surface area contributed by atoms with E-state index in [1.807, 2.05) is 25.1 Å². The van der Waals surface area contributed by atoms with Gasteiger partial charge in [-0.25, -0.2) is 0 Å². The number of aliphatic carboxylic acids is 1. The zero-order valence-corrected chi connectivity index (χ0v) is 17.6. The number of rotatable bonds is 7. The van der Waals surface area contributed by atoms with E-state index in [1.165, 1.54) is 11.1 Å². The molecular formula is C26H28O4. The van der Waals surface area contributed by atoms with Gasteiger partial charge in [0.2, 0.25) is 0 Å². The molecule has 3 N–H and O–H groups in total. The molecule has 0 aliphatic heterocycles. The average Bonchev–Trinajstić information content (AvgIpc) is 2.64. The van der Waals surface area contributed by atoms with E-state index in [0.717, 1.165) is 33.0 Å². The molecule has 0 radical (unpaired) electrons. The van der Waals surface area contributed by atoms with Crippen molar-refractivity contribution < 1.29 is 20.1 Å². The highest BCUT2D eigenvalue weighted by atomic mass is 16.4. The minimum absolute atomic E-state index is 0.0195. The molecule has 0 amide bonds. The first kappa shape index (κ1) is 21.8. The van der Waals surface area contributed by atoms with Gasteiger partial charge < -0.3 is 15.3 Å². The number of carboxylic acids is 1. The van der Waals surface area contributed by atoms with E-state index < -0.39 is 18.2 Å². The summed E-state index contributed by atoms with van der Waals surface area (Å²) in [6, 6.07) is 16.9. The molecule has 30 heavy (non-hydrogen) atoms. The van der Waals surface area contributed by atoms with Crippen molar-refractivity contribution in [3.8, 4) is 11.1 Å². The van der Waals surface area contributed by atoms with E-state index in [0.29, 0.717) is 0 Å². The number of carboxylic acid groups (broad SMARTS) is 1. The minimum Gasteiger partial charge on any atom is -0.481 e. The van der Waals surface area contributed by atoms with Gasteiger partial charge in [0, 0.05) is 6.42 Å². The standard InChI is InChI=1S/C26H28O4/c1-16-10-17(2)12-20(11-16)26-23(9-8-21(27)14-22(28)15-25(29)30)18(3)13-19-6-4-5-7-24(19)26/h4-13,21-22,27-28H,14-15H2,1-3H3,(H,29,30). The molecule has 0 saturated carbocycles. The third-order valence-corrected chi connectivity index (χ3v) is 5.22. The molecule has 0 heterocycles. The number of carbonyl (C=O) groups is 1. The van der Waals surface area contributed by atoms with Crippen molar-refractivity contribution in [2.75, 3.05) is 0 Å². The third-order valence-electron chi connectivity index (χ3n) is 5.22. The minimum atomic E-state index is -1.08. The fraction of sp³-hybridized carbons (Fsp3) is 0.269. The Morgan fingerprint density at radius 2 is 1.67 bits per heavy atom. The van der Waals surface area contributed by atoms with Gasteiger partial charge in [0.25, 0.3) is 0 Å². The molecule has 4 heteroatoms. The predicted molar refractivity (Wildman–Crippen MR) is 122 cm³/mol. The molecule has 0 bridgehead atoms. The van der Waals surface area contributed by atoms with Crippen LogP contribution in [0.1, 0.15) is 35.1 Å². The van der Waals surface area contributed by atoms with E-state index in [2.05, 4.69) is 50.2 Å².